The van der Waals surface area contributed by atoms with E-state index in [0.717, 1.165) is 12.8 Å². The van der Waals surface area contributed by atoms with E-state index in [1.807, 2.05) is 0 Å². The summed E-state index contributed by atoms with van der Waals surface area (Å²) in [5, 5.41) is 3.40. The lowest BCUT2D eigenvalue weighted by atomic mass is 9.63. The van der Waals surface area contributed by atoms with Crippen LogP contribution in [0.25, 0.3) is 0 Å². The van der Waals surface area contributed by atoms with Gasteiger partial charge in [-0.05, 0) is 37.1 Å². The van der Waals surface area contributed by atoms with Crippen LogP contribution in [-0.2, 0) is 10.0 Å². The molecule has 0 aliphatic heterocycles. The fourth-order valence-corrected chi connectivity index (χ4v) is 4.08. The summed E-state index contributed by atoms with van der Waals surface area (Å²) in [4.78, 5) is 0. The quantitative estimate of drug-likeness (QED) is 0.804. The van der Waals surface area contributed by atoms with E-state index in [4.69, 9.17) is 0 Å². The van der Waals surface area contributed by atoms with E-state index in [1.54, 1.807) is 0 Å². The van der Waals surface area contributed by atoms with Crippen LogP contribution in [0.2, 0.25) is 0 Å². The maximum Gasteiger partial charge on any atom is 0.212 e. The van der Waals surface area contributed by atoms with Crippen molar-refractivity contribution in [2.45, 2.75) is 53.0 Å². The SMILES string of the molecule is CNS(=O)(=O)CCNC1CC(C)(C)CC(C)(C)C1. The smallest absolute Gasteiger partial charge is 0.212 e. The van der Waals surface area contributed by atoms with Crippen molar-refractivity contribution in [3.63, 3.8) is 0 Å². The van der Waals surface area contributed by atoms with E-state index in [-0.39, 0.29) is 5.75 Å². The molecule has 0 heterocycles. The normalized spacial score (nSPS) is 24.1. The lowest BCUT2D eigenvalue weighted by Crippen LogP contribution is -2.45. The van der Waals surface area contributed by atoms with Crippen molar-refractivity contribution in [3.8, 4) is 0 Å². The van der Waals surface area contributed by atoms with Gasteiger partial charge in [0, 0.05) is 12.6 Å². The highest BCUT2D eigenvalue weighted by atomic mass is 32.2. The van der Waals surface area contributed by atoms with Crippen LogP contribution in [0.3, 0.4) is 0 Å². The maximum absolute atomic E-state index is 11.3. The molecule has 0 aromatic rings. The molecule has 0 atom stereocenters. The summed E-state index contributed by atoms with van der Waals surface area (Å²) < 4.78 is 25.0. The molecule has 0 unspecified atom stereocenters. The molecule has 108 valence electrons. The Labute approximate surface area is 112 Å². The van der Waals surface area contributed by atoms with Crippen LogP contribution in [0, 0.1) is 10.8 Å². The average Bonchev–Trinajstić information content (AvgIpc) is 2.12. The van der Waals surface area contributed by atoms with Gasteiger partial charge in [-0.1, -0.05) is 27.7 Å². The predicted molar refractivity (Wildman–Crippen MR) is 76.1 cm³/mol. The van der Waals surface area contributed by atoms with E-state index in [9.17, 15) is 8.42 Å². The third kappa shape index (κ3) is 5.24. The van der Waals surface area contributed by atoms with Crippen LogP contribution in [0.5, 0.6) is 0 Å². The molecule has 0 radical (unpaired) electrons. The van der Waals surface area contributed by atoms with Crippen molar-refractivity contribution >= 4 is 10.0 Å². The van der Waals surface area contributed by atoms with Gasteiger partial charge in [0.1, 0.15) is 0 Å². The van der Waals surface area contributed by atoms with E-state index in [2.05, 4.69) is 37.7 Å². The van der Waals surface area contributed by atoms with Crippen LogP contribution in [0.4, 0.5) is 0 Å². The van der Waals surface area contributed by atoms with E-state index < -0.39 is 10.0 Å². The Kier molecular flexibility index (Phi) is 4.84. The summed E-state index contributed by atoms with van der Waals surface area (Å²) in [5.74, 6) is 0.154. The van der Waals surface area contributed by atoms with Crippen molar-refractivity contribution in [3.05, 3.63) is 0 Å². The Bertz CT molecular complexity index is 358. The second-order valence-electron chi connectivity index (χ2n) is 7.09. The minimum absolute atomic E-state index is 0.154. The molecular formula is C13H28N2O2S. The van der Waals surface area contributed by atoms with E-state index in [1.165, 1.54) is 13.5 Å². The summed E-state index contributed by atoms with van der Waals surface area (Å²) in [6.45, 7) is 9.72. The molecule has 0 spiro atoms. The minimum Gasteiger partial charge on any atom is -0.313 e. The maximum atomic E-state index is 11.3. The first-order chi connectivity index (χ1) is 8.05. The Morgan fingerprint density at radius 2 is 1.61 bits per heavy atom. The zero-order valence-electron chi connectivity index (χ0n) is 12.3. The summed E-state index contributed by atoms with van der Waals surface area (Å²) in [7, 11) is -1.63. The molecule has 0 saturated heterocycles. The second kappa shape index (κ2) is 5.47. The zero-order chi connectivity index (χ0) is 14.0. The standard InChI is InChI=1S/C13H28N2O2S/c1-12(2)8-11(9-13(3,4)10-12)15-6-7-18(16,17)14-5/h11,14-15H,6-10H2,1-5H3. The fourth-order valence-electron chi connectivity index (χ4n) is 3.49. The Hall–Kier alpha value is -0.130. The van der Waals surface area contributed by atoms with Gasteiger partial charge in [-0.3, -0.25) is 0 Å². The molecule has 0 bridgehead atoms. The van der Waals surface area contributed by atoms with Gasteiger partial charge in [-0.15, -0.1) is 0 Å². The number of hydrogen-bond donors (Lipinski definition) is 2. The summed E-state index contributed by atoms with van der Waals surface area (Å²) >= 11 is 0. The van der Waals surface area contributed by atoms with Crippen LogP contribution >= 0.6 is 0 Å². The number of rotatable bonds is 5. The first-order valence-corrected chi connectivity index (χ1v) is 8.35. The van der Waals surface area contributed by atoms with Gasteiger partial charge in [0.25, 0.3) is 0 Å². The van der Waals surface area contributed by atoms with E-state index >= 15 is 0 Å². The topological polar surface area (TPSA) is 58.2 Å². The highest BCUT2D eigenvalue weighted by Gasteiger charge is 2.38. The van der Waals surface area contributed by atoms with Crippen molar-refractivity contribution in [1.82, 2.24) is 10.0 Å². The van der Waals surface area contributed by atoms with E-state index in [0.29, 0.717) is 23.4 Å². The highest BCUT2D eigenvalue weighted by molar-refractivity contribution is 7.89. The molecule has 0 aromatic carbocycles. The Morgan fingerprint density at radius 3 is 2.06 bits per heavy atom. The largest absolute Gasteiger partial charge is 0.313 e. The number of nitrogens with one attached hydrogen (secondary N) is 2. The molecule has 5 heteroatoms. The van der Waals surface area contributed by atoms with Gasteiger partial charge in [0.15, 0.2) is 0 Å². The summed E-state index contributed by atoms with van der Waals surface area (Å²) in [5.41, 5.74) is 0.669. The molecule has 1 saturated carbocycles. The van der Waals surface area contributed by atoms with Crippen LogP contribution < -0.4 is 10.0 Å². The number of sulfonamides is 1. The second-order valence-corrected chi connectivity index (χ2v) is 9.13. The summed E-state index contributed by atoms with van der Waals surface area (Å²) in [6, 6.07) is 0.427. The zero-order valence-corrected chi connectivity index (χ0v) is 13.2. The van der Waals surface area contributed by atoms with Crippen LogP contribution in [-0.4, -0.2) is 33.8 Å². The van der Waals surface area contributed by atoms with Crippen LogP contribution in [0.15, 0.2) is 0 Å². The molecular weight excluding hydrogens is 248 g/mol. The lowest BCUT2D eigenvalue weighted by molar-refractivity contribution is 0.0860. The molecule has 18 heavy (non-hydrogen) atoms. The van der Waals surface area contributed by atoms with Gasteiger partial charge < -0.3 is 5.32 Å². The first-order valence-electron chi connectivity index (χ1n) is 6.70. The highest BCUT2D eigenvalue weighted by Crippen LogP contribution is 2.45. The minimum atomic E-state index is -3.09. The van der Waals surface area contributed by atoms with Crippen LogP contribution in [0.1, 0.15) is 47.0 Å². The molecule has 1 rings (SSSR count). The molecule has 2 N–H and O–H groups in total. The molecule has 0 amide bonds. The van der Waals surface area contributed by atoms with Crippen molar-refractivity contribution in [2.75, 3.05) is 19.3 Å². The molecule has 1 fully saturated rings. The molecule has 0 aromatic heterocycles. The Balaban J connectivity index is 2.48. The fraction of sp³-hybridized carbons (Fsp3) is 1.00. The number of hydrogen-bond acceptors (Lipinski definition) is 3. The van der Waals surface area contributed by atoms with Crippen molar-refractivity contribution < 1.29 is 8.42 Å². The van der Waals surface area contributed by atoms with Gasteiger partial charge in [-0.2, -0.15) is 0 Å². The lowest BCUT2D eigenvalue weighted by Gasteiger charge is -2.45. The average molecular weight is 276 g/mol. The van der Waals surface area contributed by atoms with Crippen molar-refractivity contribution in [1.29, 1.82) is 0 Å². The Morgan fingerprint density at radius 1 is 1.11 bits per heavy atom. The van der Waals surface area contributed by atoms with Gasteiger partial charge in [-0.25, -0.2) is 13.1 Å². The third-order valence-corrected chi connectivity index (χ3v) is 5.03. The van der Waals surface area contributed by atoms with Gasteiger partial charge in [0.2, 0.25) is 10.0 Å². The monoisotopic (exact) mass is 276 g/mol. The molecule has 4 nitrogen and oxygen atoms in total. The van der Waals surface area contributed by atoms with Crippen molar-refractivity contribution in [2.24, 2.45) is 10.8 Å². The first kappa shape index (κ1) is 15.9. The molecule has 1 aliphatic carbocycles. The van der Waals surface area contributed by atoms with Gasteiger partial charge in [0.05, 0.1) is 5.75 Å². The van der Waals surface area contributed by atoms with Gasteiger partial charge >= 0.3 is 0 Å². The summed E-state index contributed by atoms with van der Waals surface area (Å²) in [6.07, 6.45) is 3.47. The molecule has 1 aliphatic rings. The predicted octanol–water partition coefficient (Wildman–Crippen LogP) is 1.73. The third-order valence-electron chi connectivity index (χ3n) is 3.67.